The van der Waals surface area contributed by atoms with Gasteiger partial charge >= 0.3 is 6.18 Å². The Balaban J connectivity index is 2.94. The van der Waals surface area contributed by atoms with Crippen LogP contribution >= 0.6 is 0 Å². The van der Waals surface area contributed by atoms with Gasteiger partial charge in [0.05, 0.1) is 0 Å². The van der Waals surface area contributed by atoms with Crippen molar-refractivity contribution in [1.29, 1.82) is 0 Å². The van der Waals surface area contributed by atoms with Crippen molar-refractivity contribution in [2.75, 3.05) is 18.0 Å². The second-order valence-corrected chi connectivity index (χ2v) is 5.53. The maximum Gasteiger partial charge on any atom is 0.405 e. The molecular weight excluding hydrogens is 277 g/mol. The second-order valence-electron chi connectivity index (χ2n) is 5.53. The van der Waals surface area contributed by atoms with E-state index in [2.05, 4.69) is 0 Å². The summed E-state index contributed by atoms with van der Waals surface area (Å²) in [6, 6.07) is 5.71. The first-order valence-electron chi connectivity index (χ1n) is 7.43. The van der Waals surface area contributed by atoms with E-state index in [-0.39, 0.29) is 6.04 Å². The summed E-state index contributed by atoms with van der Waals surface area (Å²) in [5, 5.41) is 0. The van der Waals surface area contributed by atoms with Crippen LogP contribution in [0.2, 0.25) is 0 Å². The van der Waals surface area contributed by atoms with Gasteiger partial charge in [-0.1, -0.05) is 26.0 Å². The molecule has 0 heterocycles. The molecule has 1 aromatic carbocycles. The zero-order valence-electron chi connectivity index (χ0n) is 13.0. The van der Waals surface area contributed by atoms with Crippen LogP contribution in [0.3, 0.4) is 0 Å². The summed E-state index contributed by atoms with van der Waals surface area (Å²) in [5.41, 5.74) is 8.53. The molecule has 21 heavy (non-hydrogen) atoms. The van der Waals surface area contributed by atoms with E-state index in [0.717, 1.165) is 24.0 Å². The summed E-state index contributed by atoms with van der Waals surface area (Å²) >= 11 is 0. The molecule has 0 saturated heterocycles. The van der Waals surface area contributed by atoms with Gasteiger partial charge in [0.25, 0.3) is 0 Å². The van der Waals surface area contributed by atoms with Crippen LogP contribution in [0.15, 0.2) is 18.2 Å². The number of nitrogens with two attached hydrogens (primary N) is 1. The predicted molar refractivity (Wildman–Crippen MR) is 81.7 cm³/mol. The topological polar surface area (TPSA) is 29.3 Å². The summed E-state index contributed by atoms with van der Waals surface area (Å²) < 4.78 is 38.1. The number of benzene rings is 1. The minimum atomic E-state index is -4.19. The third-order valence-electron chi connectivity index (χ3n) is 3.49. The Bertz CT molecular complexity index is 444. The Labute approximate surface area is 125 Å². The highest BCUT2D eigenvalue weighted by atomic mass is 19.4. The van der Waals surface area contributed by atoms with E-state index < -0.39 is 12.7 Å². The minimum Gasteiger partial charge on any atom is -0.362 e. The van der Waals surface area contributed by atoms with Gasteiger partial charge in [0.2, 0.25) is 0 Å². The molecule has 0 bridgehead atoms. The summed E-state index contributed by atoms with van der Waals surface area (Å²) in [6.45, 7) is 5.25. The van der Waals surface area contributed by atoms with Crippen LogP contribution in [0.25, 0.3) is 0 Å². The molecule has 1 rings (SSSR count). The SMILES string of the molecule is CCCN(CC(F)(F)F)c1ccc(CC(N)CC)cc1C. The van der Waals surface area contributed by atoms with Crippen molar-refractivity contribution in [2.24, 2.45) is 5.73 Å². The number of alkyl halides is 3. The number of rotatable bonds is 7. The lowest BCUT2D eigenvalue weighted by Crippen LogP contribution is -2.35. The number of halogens is 3. The van der Waals surface area contributed by atoms with Crippen LogP contribution in [-0.2, 0) is 6.42 Å². The summed E-state index contributed by atoms with van der Waals surface area (Å²) in [5.74, 6) is 0. The number of anilines is 1. The van der Waals surface area contributed by atoms with Crippen LogP contribution < -0.4 is 10.6 Å². The Hall–Kier alpha value is -1.23. The van der Waals surface area contributed by atoms with E-state index in [1.54, 1.807) is 6.07 Å². The predicted octanol–water partition coefficient (Wildman–Crippen LogP) is 4.05. The van der Waals surface area contributed by atoms with Crippen molar-refractivity contribution in [2.45, 2.75) is 52.3 Å². The molecule has 5 heteroatoms. The van der Waals surface area contributed by atoms with E-state index in [1.165, 1.54) is 4.90 Å². The van der Waals surface area contributed by atoms with Crippen LogP contribution in [-0.4, -0.2) is 25.3 Å². The lowest BCUT2D eigenvalue weighted by molar-refractivity contribution is -0.119. The molecule has 1 unspecified atom stereocenters. The first-order chi connectivity index (χ1) is 9.76. The quantitative estimate of drug-likeness (QED) is 0.823. The minimum absolute atomic E-state index is 0.0946. The number of hydrogen-bond donors (Lipinski definition) is 1. The summed E-state index contributed by atoms with van der Waals surface area (Å²) in [7, 11) is 0. The highest BCUT2D eigenvalue weighted by Gasteiger charge is 2.31. The van der Waals surface area contributed by atoms with Gasteiger partial charge < -0.3 is 10.6 Å². The molecule has 0 aliphatic heterocycles. The smallest absolute Gasteiger partial charge is 0.362 e. The van der Waals surface area contributed by atoms with Gasteiger partial charge in [0.1, 0.15) is 6.54 Å². The summed E-state index contributed by atoms with van der Waals surface area (Å²) in [4.78, 5) is 1.40. The second kappa shape index (κ2) is 7.69. The summed E-state index contributed by atoms with van der Waals surface area (Å²) in [6.07, 6.45) is -1.87. The molecule has 0 saturated carbocycles. The van der Waals surface area contributed by atoms with Crippen molar-refractivity contribution in [3.8, 4) is 0 Å². The van der Waals surface area contributed by atoms with Gasteiger partial charge in [-0.15, -0.1) is 0 Å². The van der Waals surface area contributed by atoms with E-state index in [9.17, 15) is 13.2 Å². The van der Waals surface area contributed by atoms with E-state index in [1.807, 2.05) is 32.9 Å². The normalized spacial score (nSPS) is 13.3. The molecule has 0 fully saturated rings. The zero-order chi connectivity index (χ0) is 16.0. The molecule has 0 aromatic heterocycles. The van der Waals surface area contributed by atoms with Gasteiger partial charge in [-0.25, -0.2) is 0 Å². The van der Waals surface area contributed by atoms with Crippen molar-refractivity contribution < 1.29 is 13.2 Å². The van der Waals surface area contributed by atoms with Gasteiger partial charge in [-0.05, 0) is 43.4 Å². The fraction of sp³-hybridized carbons (Fsp3) is 0.625. The number of nitrogens with zero attached hydrogens (tertiary/aromatic N) is 1. The third-order valence-corrected chi connectivity index (χ3v) is 3.49. The molecule has 120 valence electrons. The average molecular weight is 302 g/mol. The molecular formula is C16H25F3N2. The first-order valence-corrected chi connectivity index (χ1v) is 7.43. The maximum absolute atomic E-state index is 12.7. The highest BCUT2D eigenvalue weighted by Crippen LogP contribution is 2.26. The number of aryl methyl sites for hydroxylation is 1. The Morgan fingerprint density at radius 2 is 1.90 bits per heavy atom. The number of hydrogen-bond acceptors (Lipinski definition) is 2. The molecule has 0 aliphatic carbocycles. The average Bonchev–Trinajstić information content (AvgIpc) is 2.36. The van der Waals surface area contributed by atoms with Crippen LogP contribution in [0.1, 0.15) is 37.8 Å². The molecule has 1 aromatic rings. The zero-order valence-corrected chi connectivity index (χ0v) is 13.0. The van der Waals surface area contributed by atoms with Gasteiger partial charge in [0.15, 0.2) is 0 Å². The standard InChI is InChI=1S/C16H25F3N2/c1-4-8-21(11-16(17,18)19)15-7-6-13(9-12(15)3)10-14(20)5-2/h6-7,9,14H,4-5,8,10-11,20H2,1-3H3. The first kappa shape index (κ1) is 17.8. The van der Waals surface area contributed by atoms with Gasteiger partial charge in [-0.2, -0.15) is 13.2 Å². The molecule has 2 nitrogen and oxygen atoms in total. The van der Waals surface area contributed by atoms with Crippen LogP contribution in [0, 0.1) is 6.92 Å². The highest BCUT2D eigenvalue weighted by molar-refractivity contribution is 5.54. The lowest BCUT2D eigenvalue weighted by atomic mass is 10.0. The third kappa shape index (κ3) is 5.96. The molecule has 0 spiro atoms. The largest absolute Gasteiger partial charge is 0.405 e. The van der Waals surface area contributed by atoms with Gasteiger partial charge in [-0.3, -0.25) is 0 Å². The lowest BCUT2D eigenvalue weighted by Gasteiger charge is -2.27. The van der Waals surface area contributed by atoms with E-state index in [0.29, 0.717) is 18.7 Å². The maximum atomic E-state index is 12.7. The van der Waals surface area contributed by atoms with Gasteiger partial charge in [0, 0.05) is 18.3 Å². The van der Waals surface area contributed by atoms with E-state index >= 15 is 0 Å². The van der Waals surface area contributed by atoms with Crippen molar-refractivity contribution in [1.82, 2.24) is 0 Å². The van der Waals surface area contributed by atoms with Crippen LogP contribution in [0.5, 0.6) is 0 Å². The Kier molecular flexibility index (Phi) is 6.52. The molecule has 0 radical (unpaired) electrons. The molecule has 2 N–H and O–H groups in total. The molecule has 1 atom stereocenters. The van der Waals surface area contributed by atoms with Crippen molar-refractivity contribution in [3.05, 3.63) is 29.3 Å². The fourth-order valence-electron chi connectivity index (χ4n) is 2.42. The fourth-order valence-corrected chi connectivity index (χ4v) is 2.42. The Morgan fingerprint density at radius 3 is 2.38 bits per heavy atom. The molecule has 0 amide bonds. The molecule has 0 aliphatic rings. The van der Waals surface area contributed by atoms with E-state index in [4.69, 9.17) is 5.73 Å². The van der Waals surface area contributed by atoms with Crippen LogP contribution in [0.4, 0.5) is 18.9 Å². The van der Waals surface area contributed by atoms with Crippen molar-refractivity contribution >= 4 is 5.69 Å². The monoisotopic (exact) mass is 302 g/mol. The van der Waals surface area contributed by atoms with Crippen molar-refractivity contribution in [3.63, 3.8) is 0 Å². The Morgan fingerprint density at radius 1 is 1.24 bits per heavy atom.